The van der Waals surface area contributed by atoms with Crippen molar-refractivity contribution in [3.63, 3.8) is 0 Å². The van der Waals surface area contributed by atoms with Crippen LogP contribution in [-0.2, 0) is 18.4 Å². The Morgan fingerprint density at radius 3 is 2.65 bits per heavy atom. The molecule has 26 heavy (non-hydrogen) atoms. The maximum absolute atomic E-state index is 12.7. The van der Waals surface area contributed by atoms with Crippen molar-refractivity contribution in [2.45, 2.75) is 25.4 Å². The van der Waals surface area contributed by atoms with Gasteiger partial charge in [-0.1, -0.05) is 30.3 Å². The number of hydrogen-bond donors (Lipinski definition) is 2. The van der Waals surface area contributed by atoms with Crippen LogP contribution in [0.15, 0.2) is 42.6 Å². The van der Waals surface area contributed by atoms with Crippen LogP contribution >= 0.6 is 0 Å². The lowest BCUT2D eigenvalue weighted by atomic mass is 10.0. The van der Waals surface area contributed by atoms with Crippen molar-refractivity contribution in [3.05, 3.63) is 59.4 Å². The highest BCUT2D eigenvalue weighted by Crippen LogP contribution is 2.16. The van der Waals surface area contributed by atoms with E-state index in [-0.39, 0.29) is 17.4 Å². The minimum Gasteiger partial charge on any atom is -0.366 e. The third-order valence-electron chi connectivity index (χ3n) is 4.57. The lowest BCUT2D eigenvalue weighted by Gasteiger charge is -2.32. The van der Waals surface area contributed by atoms with Gasteiger partial charge < -0.3 is 20.5 Å². The number of carbonyl (C=O) groups excluding carboxylic acids is 3. The molecule has 1 atom stereocenters. The molecule has 1 aliphatic rings. The van der Waals surface area contributed by atoms with Gasteiger partial charge in [0.1, 0.15) is 11.7 Å². The lowest BCUT2D eigenvalue weighted by molar-refractivity contribution is -0.136. The largest absolute Gasteiger partial charge is 0.366 e. The number of benzene rings is 1. The summed E-state index contributed by atoms with van der Waals surface area (Å²) >= 11 is 0. The Bertz CT molecular complexity index is 829. The molecule has 3 N–H and O–H groups in total. The van der Waals surface area contributed by atoms with Gasteiger partial charge in [-0.15, -0.1) is 0 Å². The van der Waals surface area contributed by atoms with Crippen LogP contribution in [0.2, 0.25) is 0 Å². The maximum Gasteiger partial charge on any atom is 0.268 e. The van der Waals surface area contributed by atoms with E-state index in [4.69, 9.17) is 5.73 Å². The zero-order chi connectivity index (χ0) is 18.7. The number of carbonyl (C=O) groups is 3. The zero-order valence-electron chi connectivity index (χ0n) is 14.6. The van der Waals surface area contributed by atoms with Crippen LogP contribution in [0.3, 0.4) is 0 Å². The number of nitrogens with one attached hydrogen (secondary N) is 1. The fourth-order valence-electron chi connectivity index (χ4n) is 3.19. The molecule has 0 radical (unpaired) electrons. The van der Waals surface area contributed by atoms with Crippen LogP contribution in [0.25, 0.3) is 0 Å². The van der Waals surface area contributed by atoms with Gasteiger partial charge in [-0.3, -0.25) is 14.4 Å². The van der Waals surface area contributed by atoms with Crippen molar-refractivity contribution in [2.75, 3.05) is 6.54 Å². The molecule has 1 fully saturated rings. The van der Waals surface area contributed by atoms with E-state index in [0.29, 0.717) is 25.2 Å². The minimum absolute atomic E-state index is 0.0854. The smallest absolute Gasteiger partial charge is 0.268 e. The van der Waals surface area contributed by atoms with E-state index in [1.165, 1.54) is 16.8 Å². The molecule has 0 bridgehead atoms. The van der Waals surface area contributed by atoms with Gasteiger partial charge in [-0.2, -0.15) is 0 Å². The van der Waals surface area contributed by atoms with Crippen molar-refractivity contribution in [2.24, 2.45) is 12.8 Å². The van der Waals surface area contributed by atoms with Crippen LogP contribution in [0.1, 0.15) is 39.3 Å². The Morgan fingerprint density at radius 1 is 1.27 bits per heavy atom. The fraction of sp³-hybridized carbons (Fsp3) is 0.316. The number of likely N-dealkylation sites (tertiary alicyclic amines) is 1. The molecule has 2 aromatic rings. The molecule has 1 unspecified atom stereocenters. The van der Waals surface area contributed by atoms with E-state index in [1.54, 1.807) is 11.9 Å². The van der Waals surface area contributed by atoms with Crippen LogP contribution < -0.4 is 11.1 Å². The van der Waals surface area contributed by atoms with Gasteiger partial charge in [0, 0.05) is 26.3 Å². The Kier molecular flexibility index (Phi) is 5.06. The number of nitrogens with zero attached hydrogens (tertiary/aromatic N) is 2. The summed E-state index contributed by atoms with van der Waals surface area (Å²) in [6, 6.07) is 10.6. The van der Waals surface area contributed by atoms with E-state index in [0.717, 1.165) is 12.0 Å². The molecule has 3 amide bonds. The predicted octanol–water partition coefficient (Wildman–Crippen LogP) is 1.04. The third kappa shape index (κ3) is 3.77. The summed E-state index contributed by atoms with van der Waals surface area (Å²) < 4.78 is 1.53. The highest BCUT2D eigenvalue weighted by atomic mass is 16.2. The third-order valence-corrected chi connectivity index (χ3v) is 4.57. The number of hydrogen-bond acceptors (Lipinski definition) is 3. The molecule has 1 aliphatic heterocycles. The topological polar surface area (TPSA) is 97.4 Å². The first-order valence-corrected chi connectivity index (χ1v) is 8.55. The lowest BCUT2D eigenvalue weighted by Crippen LogP contribution is -2.52. The Balaban J connectivity index is 1.68. The van der Waals surface area contributed by atoms with Crippen molar-refractivity contribution < 1.29 is 14.4 Å². The molecule has 0 saturated carbocycles. The monoisotopic (exact) mass is 354 g/mol. The summed E-state index contributed by atoms with van der Waals surface area (Å²) in [5.41, 5.74) is 6.87. The van der Waals surface area contributed by atoms with Gasteiger partial charge >= 0.3 is 0 Å². The molecule has 2 heterocycles. The van der Waals surface area contributed by atoms with E-state index in [9.17, 15) is 14.4 Å². The predicted molar refractivity (Wildman–Crippen MR) is 96.3 cm³/mol. The first-order chi connectivity index (χ1) is 12.5. The number of amides is 3. The highest BCUT2D eigenvalue weighted by molar-refractivity contribution is 6.00. The molecule has 1 saturated heterocycles. The SMILES string of the molecule is Cn1cc(C(N)=O)cc1C(=O)NC1CCCN(Cc2ccccc2)C1=O. The quantitative estimate of drug-likeness (QED) is 0.840. The summed E-state index contributed by atoms with van der Waals surface area (Å²) in [5.74, 6) is -1.07. The Morgan fingerprint density at radius 2 is 2.00 bits per heavy atom. The van der Waals surface area contributed by atoms with Crippen molar-refractivity contribution in [1.82, 2.24) is 14.8 Å². The normalized spacial score (nSPS) is 17.2. The standard InChI is InChI=1S/C19H22N4O3/c1-22-12-14(17(20)24)10-16(22)18(25)21-15-8-5-9-23(19(15)26)11-13-6-3-2-4-7-13/h2-4,6-7,10,12,15H,5,8-9,11H2,1H3,(H2,20,24)(H,21,25). The average Bonchev–Trinajstić information content (AvgIpc) is 3.01. The second kappa shape index (κ2) is 7.43. The Hall–Kier alpha value is -3.09. The minimum atomic E-state index is -0.595. The summed E-state index contributed by atoms with van der Waals surface area (Å²) in [4.78, 5) is 38.3. The number of rotatable bonds is 5. The van der Waals surface area contributed by atoms with E-state index >= 15 is 0 Å². The molecule has 7 nitrogen and oxygen atoms in total. The van der Waals surface area contributed by atoms with Gasteiger partial charge in [-0.25, -0.2) is 0 Å². The van der Waals surface area contributed by atoms with Crippen LogP contribution in [0, 0.1) is 0 Å². The number of aromatic nitrogens is 1. The van der Waals surface area contributed by atoms with Crippen molar-refractivity contribution >= 4 is 17.7 Å². The van der Waals surface area contributed by atoms with Gasteiger partial charge in [0.15, 0.2) is 0 Å². The second-order valence-electron chi connectivity index (χ2n) is 6.50. The number of piperidine rings is 1. The molecule has 1 aromatic carbocycles. The van der Waals surface area contributed by atoms with E-state index < -0.39 is 11.9 Å². The van der Waals surface area contributed by atoms with E-state index in [1.807, 2.05) is 30.3 Å². The molecule has 7 heteroatoms. The van der Waals surface area contributed by atoms with Crippen LogP contribution in [0.5, 0.6) is 0 Å². The van der Waals surface area contributed by atoms with Crippen molar-refractivity contribution in [3.8, 4) is 0 Å². The zero-order valence-corrected chi connectivity index (χ0v) is 14.6. The number of nitrogens with two attached hydrogens (primary N) is 1. The molecule has 136 valence electrons. The van der Waals surface area contributed by atoms with Gasteiger partial charge in [0.25, 0.3) is 5.91 Å². The summed E-state index contributed by atoms with van der Waals surface area (Å²) in [5, 5.41) is 2.79. The molecule has 0 spiro atoms. The van der Waals surface area contributed by atoms with Crippen LogP contribution in [0.4, 0.5) is 0 Å². The molecular weight excluding hydrogens is 332 g/mol. The first-order valence-electron chi connectivity index (χ1n) is 8.55. The summed E-state index contributed by atoms with van der Waals surface area (Å²) in [6.07, 6.45) is 2.92. The van der Waals surface area contributed by atoms with Crippen LogP contribution in [-0.4, -0.2) is 39.8 Å². The summed E-state index contributed by atoms with van der Waals surface area (Å²) in [7, 11) is 1.66. The Labute approximate surface area is 151 Å². The molecular formula is C19H22N4O3. The average molecular weight is 354 g/mol. The number of aryl methyl sites for hydroxylation is 1. The second-order valence-corrected chi connectivity index (χ2v) is 6.50. The summed E-state index contributed by atoms with van der Waals surface area (Å²) in [6.45, 7) is 1.21. The molecule has 3 rings (SSSR count). The van der Waals surface area contributed by atoms with E-state index in [2.05, 4.69) is 5.32 Å². The van der Waals surface area contributed by atoms with Crippen molar-refractivity contribution in [1.29, 1.82) is 0 Å². The number of primary amides is 1. The first kappa shape index (κ1) is 17.7. The fourth-order valence-corrected chi connectivity index (χ4v) is 3.19. The van der Waals surface area contributed by atoms with Gasteiger partial charge in [0.05, 0.1) is 5.56 Å². The molecule has 1 aromatic heterocycles. The highest BCUT2D eigenvalue weighted by Gasteiger charge is 2.30. The molecule has 0 aliphatic carbocycles. The van der Waals surface area contributed by atoms with Gasteiger partial charge in [-0.05, 0) is 24.5 Å². The maximum atomic E-state index is 12.7. The van der Waals surface area contributed by atoms with Gasteiger partial charge in [0.2, 0.25) is 11.8 Å².